The fourth-order valence-electron chi connectivity index (χ4n) is 1.10. The summed E-state index contributed by atoms with van der Waals surface area (Å²) in [7, 11) is 0. The maximum Gasteiger partial charge on any atom is 1.00 e. The minimum atomic E-state index is -0.472. The zero-order valence-corrected chi connectivity index (χ0v) is 13.1. The Bertz CT molecular complexity index is 458. The number of rotatable bonds is 1. The Morgan fingerprint density at radius 1 is 1.19 bits per heavy atom. The van der Waals surface area contributed by atoms with Gasteiger partial charge in [0, 0.05) is 9.93 Å². The van der Waals surface area contributed by atoms with Crippen LogP contribution in [0.1, 0.15) is 5.56 Å². The van der Waals surface area contributed by atoms with Crippen LogP contribution in [0.25, 0.3) is 11.4 Å². The molecule has 0 unspecified atom stereocenters. The summed E-state index contributed by atoms with van der Waals surface area (Å²) < 4.78 is 0. The number of imide groups is 1. The van der Waals surface area contributed by atoms with Gasteiger partial charge in [0.05, 0.1) is 5.91 Å². The van der Waals surface area contributed by atoms with Crippen molar-refractivity contribution >= 4 is 40.6 Å². The zero-order chi connectivity index (χ0) is 10.8. The Morgan fingerprint density at radius 3 is 2.31 bits per heavy atom. The first-order valence-corrected chi connectivity index (χ1v) is 5.30. The largest absolute Gasteiger partial charge is 1.00 e. The zero-order valence-electron chi connectivity index (χ0n) is 8.44. The van der Waals surface area contributed by atoms with Crippen LogP contribution in [0, 0.1) is 0 Å². The van der Waals surface area contributed by atoms with E-state index < -0.39 is 11.1 Å². The van der Waals surface area contributed by atoms with Crippen molar-refractivity contribution in [3.05, 3.63) is 45.1 Å². The molecule has 0 bridgehead atoms. The maximum atomic E-state index is 11.2. The van der Waals surface area contributed by atoms with Crippen LogP contribution >= 0.6 is 23.4 Å². The maximum absolute atomic E-state index is 11.2. The van der Waals surface area contributed by atoms with Crippen LogP contribution < -0.4 is 51.4 Å². The van der Waals surface area contributed by atoms with Crippen LogP contribution in [0.3, 0.4) is 0 Å². The van der Waals surface area contributed by atoms with Gasteiger partial charge in [0.25, 0.3) is 0 Å². The summed E-state index contributed by atoms with van der Waals surface area (Å²) in [6.07, 6.45) is 1.62. The summed E-state index contributed by atoms with van der Waals surface area (Å²) in [5.41, 5.74) is 0.820. The Hall–Kier alpha value is 0.376. The molecular weight excluding hydrogens is 273 g/mol. The molecule has 0 saturated carbocycles. The minimum absolute atomic E-state index is 0. The molecule has 0 N–H and O–H groups in total. The third-order valence-corrected chi connectivity index (χ3v) is 2.80. The first-order chi connectivity index (χ1) is 7.15. The number of benzene rings is 1. The summed E-state index contributed by atoms with van der Waals surface area (Å²) in [5, 5.41) is 3.44. The van der Waals surface area contributed by atoms with Crippen LogP contribution in [-0.4, -0.2) is 11.1 Å². The van der Waals surface area contributed by atoms with Crippen LogP contribution in [0.5, 0.6) is 0 Å². The van der Waals surface area contributed by atoms with Crippen molar-refractivity contribution in [2.75, 3.05) is 0 Å². The van der Waals surface area contributed by atoms with E-state index in [1.165, 1.54) is 0 Å². The first kappa shape index (κ1) is 14.4. The molecule has 0 atom stereocenters. The molecule has 0 aromatic heterocycles. The molecule has 1 aliphatic heterocycles. The van der Waals surface area contributed by atoms with Crippen molar-refractivity contribution in [1.82, 2.24) is 0 Å². The fourth-order valence-corrected chi connectivity index (χ4v) is 1.87. The summed E-state index contributed by atoms with van der Waals surface area (Å²) in [5.74, 6) is -0.472. The molecule has 0 aliphatic carbocycles. The van der Waals surface area contributed by atoms with Crippen molar-refractivity contribution in [3.8, 4) is 0 Å². The molecule has 0 radical (unpaired) electrons. The molecule has 3 nitrogen and oxygen atoms in total. The topological polar surface area (TPSA) is 48.2 Å². The average molecular weight is 278 g/mol. The quantitative estimate of drug-likeness (QED) is 0.553. The van der Waals surface area contributed by atoms with Crippen molar-refractivity contribution in [1.29, 1.82) is 0 Å². The number of nitrogens with zero attached hydrogens (tertiary/aromatic N) is 1. The van der Waals surface area contributed by atoms with Gasteiger partial charge in [-0.3, -0.25) is 0 Å². The van der Waals surface area contributed by atoms with E-state index in [0.717, 1.165) is 17.3 Å². The van der Waals surface area contributed by atoms with Crippen molar-refractivity contribution in [2.45, 2.75) is 0 Å². The summed E-state index contributed by atoms with van der Waals surface area (Å²) in [6.45, 7) is 0. The molecule has 6 heteroatoms. The average Bonchev–Trinajstić information content (AvgIpc) is 2.49. The Morgan fingerprint density at radius 2 is 1.81 bits per heavy atom. The van der Waals surface area contributed by atoms with Gasteiger partial charge in [0.15, 0.2) is 0 Å². The van der Waals surface area contributed by atoms with Crippen molar-refractivity contribution in [3.63, 3.8) is 0 Å². The number of hydrogen-bond acceptors (Lipinski definition) is 3. The van der Waals surface area contributed by atoms with Gasteiger partial charge >= 0.3 is 51.4 Å². The Balaban J connectivity index is 0.00000128. The summed E-state index contributed by atoms with van der Waals surface area (Å²) >= 11 is 6.56. The molecule has 16 heavy (non-hydrogen) atoms. The second-order valence-electron chi connectivity index (χ2n) is 2.85. The van der Waals surface area contributed by atoms with Gasteiger partial charge in [-0.25, -0.2) is 0 Å². The molecule has 1 aromatic rings. The molecule has 1 aliphatic rings. The summed E-state index contributed by atoms with van der Waals surface area (Å²) in [6, 6.07) is 6.98. The number of carbonyl (C=O) groups excluding carboxylic acids is 2. The molecule has 2 rings (SSSR count). The van der Waals surface area contributed by atoms with E-state index in [1.54, 1.807) is 30.3 Å². The molecule has 1 heterocycles. The number of amides is 2. The second-order valence-corrected chi connectivity index (χ2v) is 4.27. The summed E-state index contributed by atoms with van der Waals surface area (Å²) in [4.78, 5) is 22.3. The molecular formula is C10H5ClKNO2S. The van der Waals surface area contributed by atoms with Crippen LogP contribution in [0.15, 0.2) is 29.2 Å². The standard InChI is InChI=1S/C10H6ClNO2S.K/c11-7-3-1-6(2-4-7)5-8-9(13)12-10(14)15-8;/h1-5H,(H,12,13,14);/q;+1/p-1. The van der Waals surface area contributed by atoms with Gasteiger partial charge in [0.2, 0.25) is 0 Å². The van der Waals surface area contributed by atoms with E-state index >= 15 is 0 Å². The first-order valence-electron chi connectivity index (χ1n) is 4.10. The van der Waals surface area contributed by atoms with E-state index in [0.29, 0.717) is 9.93 Å². The number of hydrogen-bond donors (Lipinski definition) is 0. The van der Waals surface area contributed by atoms with Gasteiger partial charge in [-0.05, 0) is 23.8 Å². The molecule has 1 fully saturated rings. The fraction of sp³-hybridized carbons (Fsp3) is 0. The van der Waals surface area contributed by atoms with Gasteiger partial charge in [-0.1, -0.05) is 35.5 Å². The van der Waals surface area contributed by atoms with Crippen LogP contribution in [0.2, 0.25) is 5.02 Å². The van der Waals surface area contributed by atoms with Crippen molar-refractivity contribution in [2.24, 2.45) is 0 Å². The molecule has 1 saturated heterocycles. The second kappa shape index (κ2) is 6.35. The van der Waals surface area contributed by atoms with Gasteiger partial charge < -0.3 is 14.9 Å². The smallest absolute Gasteiger partial charge is 0.581 e. The minimum Gasteiger partial charge on any atom is -0.581 e. The van der Waals surface area contributed by atoms with E-state index in [-0.39, 0.29) is 51.4 Å². The van der Waals surface area contributed by atoms with Crippen molar-refractivity contribution < 1.29 is 61.0 Å². The molecule has 2 amide bonds. The molecule has 0 spiro atoms. The van der Waals surface area contributed by atoms with Gasteiger partial charge in [0.1, 0.15) is 5.24 Å². The van der Waals surface area contributed by atoms with E-state index in [2.05, 4.69) is 5.32 Å². The monoisotopic (exact) mass is 277 g/mol. The Kier molecular flexibility index (Phi) is 5.73. The third-order valence-electron chi connectivity index (χ3n) is 1.77. The van der Waals surface area contributed by atoms with Gasteiger partial charge in [-0.15, -0.1) is 0 Å². The van der Waals surface area contributed by atoms with E-state index in [4.69, 9.17) is 11.6 Å². The predicted octanol–water partition coefficient (Wildman–Crippen LogP) is 0.452. The Labute approximate surface area is 144 Å². The van der Waals surface area contributed by atoms with Gasteiger partial charge in [-0.2, -0.15) is 0 Å². The van der Waals surface area contributed by atoms with E-state index in [1.807, 2.05) is 0 Å². The van der Waals surface area contributed by atoms with E-state index in [9.17, 15) is 9.59 Å². The SMILES string of the molecule is O=C1[N-]C(=O)C(=Cc2ccc(Cl)cc2)S1.[K+]. The molecule has 1 aromatic carbocycles. The number of thioether (sulfide) groups is 1. The molecule has 76 valence electrons. The normalized spacial score (nSPS) is 17.2. The predicted molar refractivity (Wildman–Crippen MR) is 60.8 cm³/mol. The third kappa shape index (κ3) is 3.70. The number of halogens is 1. The number of carbonyl (C=O) groups is 2. The van der Waals surface area contributed by atoms with Crippen LogP contribution in [0.4, 0.5) is 4.79 Å². The van der Waals surface area contributed by atoms with Crippen LogP contribution in [-0.2, 0) is 4.79 Å².